The maximum atomic E-state index is 4.20. The van der Waals surface area contributed by atoms with Gasteiger partial charge in [-0.2, -0.15) is 5.10 Å². The van der Waals surface area contributed by atoms with Crippen LogP contribution in [0.4, 0.5) is 5.82 Å². The van der Waals surface area contributed by atoms with Crippen LogP contribution in [-0.2, 0) is 0 Å². The molecule has 1 aliphatic rings. The Hall–Kier alpha value is -1.16. The molecular formula is C12H20N4. The van der Waals surface area contributed by atoms with Crippen LogP contribution in [0.15, 0.2) is 12.1 Å². The number of piperidine rings is 1. The summed E-state index contributed by atoms with van der Waals surface area (Å²) in [4.78, 5) is 2.21. The van der Waals surface area contributed by atoms with Gasteiger partial charge in [-0.1, -0.05) is 0 Å². The summed E-state index contributed by atoms with van der Waals surface area (Å²) in [6.45, 7) is 5.35. The fraction of sp³-hybridized carbons (Fsp3) is 0.667. The second-order valence-electron chi connectivity index (χ2n) is 4.61. The quantitative estimate of drug-likeness (QED) is 0.831. The van der Waals surface area contributed by atoms with E-state index in [1.54, 1.807) is 0 Å². The molecule has 0 atom stereocenters. The van der Waals surface area contributed by atoms with Gasteiger partial charge in [-0.3, -0.25) is 0 Å². The Kier molecular flexibility index (Phi) is 3.72. The summed E-state index contributed by atoms with van der Waals surface area (Å²) in [5.41, 5.74) is 0.971. The topological polar surface area (TPSA) is 41.0 Å². The van der Waals surface area contributed by atoms with Crippen LogP contribution < -0.4 is 10.2 Å². The highest BCUT2D eigenvalue weighted by Gasteiger charge is 2.15. The molecule has 16 heavy (non-hydrogen) atoms. The van der Waals surface area contributed by atoms with E-state index in [1.165, 1.54) is 12.8 Å². The van der Waals surface area contributed by atoms with Crippen LogP contribution in [0.2, 0.25) is 0 Å². The van der Waals surface area contributed by atoms with Crippen LogP contribution in [-0.4, -0.2) is 36.9 Å². The Morgan fingerprint density at radius 2 is 2.06 bits per heavy atom. The van der Waals surface area contributed by atoms with Crippen molar-refractivity contribution in [1.29, 1.82) is 0 Å². The van der Waals surface area contributed by atoms with Gasteiger partial charge in [0.2, 0.25) is 0 Å². The molecule has 4 nitrogen and oxygen atoms in total. The van der Waals surface area contributed by atoms with Crippen LogP contribution in [0, 0.1) is 12.8 Å². The van der Waals surface area contributed by atoms with Gasteiger partial charge in [0.05, 0.1) is 5.69 Å². The average molecular weight is 220 g/mol. The molecule has 0 bridgehead atoms. The van der Waals surface area contributed by atoms with Gasteiger partial charge in [0, 0.05) is 13.6 Å². The molecule has 1 N–H and O–H groups in total. The summed E-state index contributed by atoms with van der Waals surface area (Å²) in [6, 6.07) is 4.06. The molecule has 2 rings (SSSR count). The molecule has 0 spiro atoms. The van der Waals surface area contributed by atoms with Gasteiger partial charge in [-0.15, -0.1) is 5.10 Å². The third kappa shape index (κ3) is 2.92. The summed E-state index contributed by atoms with van der Waals surface area (Å²) in [5, 5.41) is 11.7. The third-order valence-corrected chi connectivity index (χ3v) is 3.17. The van der Waals surface area contributed by atoms with Gasteiger partial charge >= 0.3 is 0 Å². The summed E-state index contributed by atoms with van der Waals surface area (Å²) in [6.07, 6.45) is 2.53. The number of aryl methyl sites for hydroxylation is 1. The number of hydrogen-bond acceptors (Lipinski definition) is 4. The summed E-state index contributed by atoms with van der Waals surface area (Å²) >= 11 is 0. The zero-order chi connectivity index (χ0) is 11.4. The number of aromatic nitrogens is 2. The number of nitrogens with one attached hydrogen (secondary N) is 1. The highest BCUT2D eigenvalue weighted by atomic mass is 15.2. The van der Waals surface area contributed by atoms with E-state index in [2.05, 4.69) is 27.5 Å². The van der Waals surface area contributed by atoms with Crippen molar-refractivity contribution in [1.82, 2.24) is 15.5 Å². The Bertz CT molecular complexity index is 316. The molecule has 1 aromatic rings. The minimum Gasteiger partial charge on any atom is -0.358 e. The third-order valence-electron chi connectivity index (χ3n) is 3.17. The molecule has 4 heteroatoms. The number of anilines is 1. The number of hydrogen-bond donors (Lipinski definition) is 1. The Morgan fingerprint density at radius 3 is 2.69 bits per heavy atom. The van der Waals surface area contributed by atoms with E-state index in [9.17, 15) is 0 Å². The van der Waals surface area contributed by atoms with E-state index in [0.29, 0.717) is 0 Å². The Labute approximate surface area is 97.1 Å². The number of nitrogens with zero attached hydrogens (tertiary/aromatic N) is 3. The van der Waals surface area contributed by atoms with Gasteiger partial charge in [-0.25, -0.2) is 0 Å². The van der Waals surface area contributed by atoms with E-state index in [4.69, 9.17) is 0 Å². The smallest absolute Gasteiger partial charge is 0.150 e. The molecule has 1 aromatic heterocycles. The zero-order valence-corrected chi connectivity index (χ0v) is 10.1. The Balaban J connectivity index is 1.91. The van der Waals surface area contributed by atoms with E-state index in [1.807, 2.05) is 19.1 Å². The van der Waals surface area contributed by atoms with E-state index < -0.39 is 0 Å². The first kappa shape index (κ1) is 11.3. The lowest BCUT2D eigenvalue weighted by Gasteiger charge is -2.27. The van der Waals surface area contributed by atoms with Crippen molar-refractivity contribution < 1.29 is 0 Å². The summed E-state index contributed by atoms with van der Waals surface area (Å²) < 4.78 is 0. The maximum absolute atomic E-state index is 4.20. The summed E-state index contributed by atoms with van der Waals surface area (Å²) in [5.74, 6) is 1.76. The average Bonchev–Trinajstić information content (AvgIpc) is 2.31. The highest BCUT2D eigenvalue weighted by molar-refractivity contribution is 5.35. The van der Waals surface area contributed by atoms with E-state index >= 15 is 0 Å². The van der Waals surface area contributed by atoms with Crippen molar-refractivity contribution in [3.05, 3.63) is 17.8 Å². The lowest BCUT2D eigenvalue weighted by molar-refractivity contribution is 0.377. The van der Waals surface area contributed by atoms with Crippen molar-refractivity contribution in [2.45, 2.75) is 19.8 Å². The van der Waals surface area contributed by atoms with Crippen LogP contribution in [0.25, 0.3) is 0 Å². The molecule has 1 fully saturated rings. The fourth-order valence-corrected chi connectivity index (χ4v) is 2.14. The molecule has 0 unspecified atom stereocenters. The molecule has 0 saturated carbocycles. The van der Waals surface area contributed by atoms with Gasteiger partial charge in [-0.05, 0) is 50.9 Å². The van der Waals surface area contributed by atoms with Crippen molar-refractivity contribution in [3.63, 3.8) is 0 Å². The number of rotatable bonds is 3. The second-order valence-corrected chi connectivity index (χ2v) is 4.61. The van der Waals surface area contributed by atoms with Crippen LogP contribution in [0.5, 0.6) is 0 Å². The largest absolute Gasteiger partial charge is 0.358 e. The standard InChI is InChI=1S/C12H20N4/c1-10-3-4-12(15-14-10)16(2)9-11-5-7-13-8-6-11/h3-4,11,13H,5-9H2,1-2H3. The van der Waals surface area contributed by atoms with E-state index in [-0.39, 0.29) is 0 Å². The molecule has 0 amide bonds. The van der Waals surface area contributed by atoms with Crippen LogP contribution in [0.1, 0.15) is 18.5 Å². The van der Waals surface area contributed by atoms with Crippen LogP contribution >= 0.6 is 0 Å². The first-order valence-electron chi connectivity index (χ1n) is 5.98. The fourth-order valence-electron chi connectivity index (χ4n) is 2.14. The maximum Gasteiger partial charge on any atom is 0.150 e. The molecule has 0 aromatic carbocycles. The lowest BCUT2D eigenvalue weighted by Crippen LogP contribution is -2.34. The molecular weight excluding hydrogens is 200 g/mol. The lowest BCUT2D eigenvalue weighted by atomic mass is 9.98. The van der Waals surface area contributed by atoms with Gasteiger partial charge < -0.3 is 10.2 Å². The monoisotopic (exact) mass is 220 g/mol. The molecule has 1 aliphatic heterocycles. The van der Waals surface area contributed by atoms with Crippen molar-refractivity contribution >= 4 is 5.82 Å². The SMILES string of the molecule is Cc1ccc(N(C)CC2CCNCC2)nn1. The van der Waals surface area contributed by atoms with Crippen LogP contribution in [0.3, 0.4) is 0 Å². The predicted molar refractivity (Wildman–Crippen MR) is 65.6 cm³/mol. The molecule has 1 saturated heterocycles. The van der Waals surface area contributed by atoms with Crippen molar-refractivity contribution in [2.75, 3.05) is 31.6 Å². The minimum atomic E-state index is 0.786. The highest BCUT2D eigenvalue weighted by Crippen LogP contribution is 2.16. The van der Waals surface area contributed by atoms with E-state index in [0.717, 1.165) is 37.1 Å². The minimum absolute atomic E-state index is 0.786. The van der Waals surface area contributed by atoms with Gasteiger partial charge in [0.25, 0.3) is 0 Å². The molecule has 88 valence electrons. The summed E-state index contributed by atoms with van der Waals surface area (Å²) in [7, 11) is 2.10. The predicted octanol–water partition coefficient (Wildman–Crippen LogP) is 1.22. The molecule has 2 heterocycles. The van der Waals surface area contributed by atoms with Crippen molar-refractivity contribution in [3.8, 4) is 0 Å². The second kappa shape index (κ2) is 5.25. The zero-order valence-electron chi connectivity index (χ0n) is 10.1. The van der Waals surface area contributed by atoms with Gasteiger partial charge in [0.15, 0.2) is 5.82 Å². The molecule has 0 aliphatic carbocycles. The van der Waals surface area contributed by atoms with Crippen molar-refractivity contribution in [2.24, 2.45) is 5.92 Å². The molecule has 0 radical (unpaired) electrons. The normalized spacial score (nSPS) is 17.4. The Morgan fingerprint density at radius 1 is 1.31 bits per heavy atom. The van der Waals surface area contributed by atoms with Gasteiger partial charge in [0.1, 0.15) is 0 Å². The first-order chi connectivity index (χ1) is 7.75. The first-order valence-corrected chi connectivity index (χ1v) is 5.98.